The van der Waals surface area contributed by atoms with Crippen molar-refractivity contribution in [1.82, 2.24) is 25.6 Å². The maximum atomic E-state index is 5.95. The highest BCUT2D eigenvalue weighted by atomic mass is 127. The molecule has 0 radical (unpaired) electrons. The number of nitrogens with one attached hydrogen (secondary N) is 2. The van der Waals surface area contributed by atoms with Crippen molar-refractivity contribution < 1.29 is 4.52 Å². The second-order valence-corrected chi connectivity index (χ2v) is 6.99. The van der Waals surface area contributed by atoms with Crippen LogP contribution in [0.4, 0.5) is 0 Å². The van der Waals surface area contributed by atoms with Crippen molar-refractivity contribution >= 4 is 41.5 Å². The van der Waals surface area contributed by atoms with E-state index in [-0.39, 0.29) is 24.0 Å². The molecule has 2 heterocycles. The molecule has 0 fully saturated rings. The second kappa shape index (κ2) is 11.9. The maximum absolute atomic E-state index is 5.95. The quantitative estimate of drug-likeness (QED) is 0.249. The van der Waals surface area contributed by atoms with Crippen LogP contribution in [0.1, 0.15) is 43.4 Å². The van der Waals surface area contributed by atoms with Gasteiger partial charge in [0.15, 0.2) is 5.96 Å². The summed E-state index contributed by atoms with van der Waals surface area (Å²) in [4.78, 5) is 4.68. The number of hydrogen-bond donors (Lipinski definition) is 2. The third kappa shape index (κ3) is 6.21. The largest absolute Gasteiger partial charge is 0.361 e. The highest BCUT2D eigenvalue weighted by Gasteiger charge is 2.13. The SMILES string of the molecule is CCNC(=NCc1cnn(-c2ccc(Cl)cc2)c1)NCc1c(CC)noc1CC.I. The molecule has 0 unspecified atom stereocenters. The Kier molecular flexibility index (Phi) is 9.64. The van der Waals surface area contributed by atoms with Crippen molar-refractivity contribution in [1.29, 1.82) is 0 Å². The molecule has 0 saturated carbocycles. The first-order valence-electron chi connectivity index (χ1n) is 9.92. The van der Waals surface area contributed by atoms with E-state index >= 15 is 0 Å². The summed E-state index contributed by atoms with van der Waals surface area (Å²) in [5, 5.41) is 16.0. The summed E-state index contributed by atoms with van der Waals surface area (Å²) in [6.45, 7) is 8.13. The van der Waals surface area contributed by atoms with E-state index in [9.17, 15) is 0 Å². The summed E-state index contributed by atoms with van der Waals surface area (Å²) >= 11 is 5.95. The van der Waals surface area contributed by atoms with E-state index in [1.165, 1.54) is 0 Å². The molecule has 0 atom stereocenters. The van der Waals surface area contributed by atoms with Crippen molar-refractivity contribution in [2.75, 3.05) is 6.54 Å². The molecular weight excluding hydrogens is 515 g/mol. The van der Waals surface area contributed by atoms with E-state index in [2.05, 4.69) is 39.7 Å². The lowest BCUT2D eigenvalue weighted by Crippen LogP contribution is -2.37. The smallest absolute Gasteiger partial charge is 0.191 e. The number of aryl methyl sites for hydroxylation is 2. The van der Waals surface area contributed by atoms with Crippen LogP contribution in [-0.4, -0.2) is 27.4 Å². The van der Waals surface area contributed by atoms with Crippen LogP contribution in [0.3, 0.4) is 0 Å². The Morgan fingerprint density at radius 2 is 1.90 bits per heavy atom. The van der Waals surface area contributed by atoms with Crippen molar-refractivity contribution in [3.8, 4) is 5.69 Å². The fourth-order valence-corrected chi connectivity index (χ4v) is 3.12. The van der Waals surface area contributed by atoms with Gasteiger partial charge in [0, 0.05) is 41.9 Å². The Morgan fingerprint density at radius 3 is 2.57 bits per heavy atom. The number of aromatic nitrogens is 3. The summed E-state index contributed by atoms with van der Waals surface area (Å²) in [7, 11) is 0. The van der Waals surface area contributed by atoms with Crippen molar-refractivity contribution in [2.45, 2.75) is 46.7 Å². The minimum absolute atomic E-state index is 0. The summed E-state index contributed by atoms with van der Waals surface area (Å²) in [5.74, 6) is 1.67. The molecule has 2 aromatic heterocycles. The van der Waals surface area contributed by atoms with Gasteiger partial charge in [-0.3, -0.25) is 0 Å². The first kappa shape index (κ1) is 24.2. The third-order valence-electron chi connectivity index (χ3n) is 4.53. The molecule has 9 heteroatoms. The molecular formula is C21H28ClIN6O. The van der Waals surface area contributed by atoms with Gasteiger partial charge in [-0.2, -0.15) is 5.10 Å². The Morgan fingerprint density at radius 1 is 1.13 bits per heavy atom. The fraction of sp³-hybridized carbons (Fsp3) is 0.381. The van der Waals surface area contributed by atoms with E-state index in [4.69, 9.17) is 16.1 Å². The Balaban J connectivity index is 0.00000320. The van der Waals surface area contributed by atoms with Gasteiger partial charge in [0.2, 0.25) is 0 Å². The zero-order valence-corrected chi connectivity index (χ0v) is 20.6. The molecule has 3 rings (SSSR count). The number of benzene rings is 1. The molecule has 0 aliphatic heterocycles. The van der Waals surface area contributed by atoms with E-state index in [1.54, 1.807) is 0 Å². The van der Waals surface area contributed by atoms with Crippen LogP contribution >= 0.6 is 35.6 Å². The predicted molar refractivity (Wildman–Crippen MR) is 131 cm³/mol. The lowest BCUT2D eigenvalue weighted by Gasteiger charge is -2.11. The molecule has 1 aromatic carbocycles. The molecule has 0 aliphatic carbocycles. The average molecular weight is 543 g/mol. The number of rotatable bonds is 8. The first-order valence-corrected chi connectivity index (χ1v) is 10.3. The third-order valence-corrected chi connectivity index (χ3v) is 4.78. The van der Waals surface area contributed by atoms with Gasteiger partial charge in [-0.1, -0.05) is 30.6 Å². The van der Waals surface area contributed by atoms with Crippen molar-refractivity contribution in [3.05, 3.63) is 64.3 Å². The van der Waals surface area contributed by atoms with Crippen LogP contribution in [0, 0.1) is 0 Å². The van der Waals surface area contributed by atoms with Crippen molar-refractivity contribution in [2.24, 2.45) is 4.99 Å². The second-order valence-electron chi connectivity index (χ2n) is 6.56. The number of guanidine groups is 1. The highest BCUT2D eigenvalue weighted by Crippen LogP contribution is 2.16. The molecule has 2 N–H and O–H groups in total. The monoisotopic (exact) mass is 542 g/mol. The van der Waals surface area contributed by atoms with E-state index in [0.29, 0.717) is 18.1 Å². The number of hydrogen-bond acceptors (Lipinski definition) is 4. The minimum atomic E-state index is 0. The van der Waals surface area contributed by atoms with E-state index in [1.807, 2.05) is 48.3 Å². The molecule has 3 aromatic rings. The molecule has 0 aliphatic rings. The average Bonchev–Trinajstić information content (AvgIpc) is 3.37. The summed E-state index contributed by atoms with van der Waals surface area (Å²) in [6, 6.07) is 7.57. The summed E-state index contributed by atoms with van der Waals surface area (Å²) in [6.07, 6.45) is 5.46. The lowest BCUT2D eigenvalue weighted by molar-refractivity contribution is 0.380. The van der Waals surface area contributed by atoms with Crippen LogP contribution in [0.5, 0.6) is 0 Å². The summed E-state index contributed by atoms with van der Waals surface area (Å²) in [5.41, 5.74) is 4.09. The Labute approximate surface area is 199 Å². The van der Waals surface area contributed by atoms with Gasteiger partial charge >= 0.3 is 0 Å². The van der Waals surface area contributed by atoms with Crippen LogP contribution in [-0.2, 0) is 25.9 Å². The minimum Gasteiger partial charge on any atom is -0.361 e. The van der Waals surface area contributed by atoms with Crippen LogP contribution in [0.15, 0.2) is 46.2 Å². The van der Waals surface area contributed by atoms with Crippen LogP contribution in [0.25, 0.3) is 5.69 Å². The molecule has 162 valence electrons. The predicted octanol–water partition coefficient (Wildman–Crippen LogP) is 4.51. The molecule has 7 nitrogen and oxygen atoms in total. The number of aliphatic imine (C=N–C) groups is 1. The fourth-order valence-electron chi connectivity index (χ4n) is 3.00. The summed E-state index contributed by atoms with van der Waals surface area (Å²) < 4.78 is 7.26. The van der Waals surface area contributed by atoms with Gasteiger partial charge in [-0.25, -0.2) is 9.67 Å². The first-order chi connectivity index (χ1) is 14.1. The number of halogens is 2. The van der Waals surface area contributed by atoms with Gasteiger partial charge in [-0.05, 0) is 37.6 Å². The molecule has 30 heavy (non-hydrogen) atoms. The lowest BCUT2D eigenvalue weighted by atomic mass is 10.1. The van der Waals surface area contributed by atoms with E-state index in [0.717, 1.165) is 53.6 Å². The standard InChI is InChI=1S/C21H27ClN6O.HI/c1-4-19-18(20(5-2)29-27-19)13-25-21(23-6-3)24-11-15-12-26-28(14-15)17-9-7-16(22)8-10-17;/h7-10,12,14H,4-6,11,13H2,1-3H3,(H2,23,24,25);1H. The van der Waals surface area contributed by atoms with Gasteiger partial charge in [0.1, 0.15) is 5.76 Å². The zero-order valence-electron chi connectivity index (χ0n) is 17.5. The normalized spacial score (nSPS) is 11.3. The van der Waals surface area contributed by atoms with Gasteiger partial charge in [0.05, 0.1) is 24.1 Å². The molecule has 0 amide bonds. The van der Waals surface area contributed by atoms with Crippen LogP contribution in [0.2, 0.25) is 5.02 Å². The topological polar surface area (TPSA) is 80.3 Å². The van der Waals surface area contributed by atoms with Gasteiger partial charge in [-0.15, -0.1) is 24.0 Å². The molecule has 0 saturated heterocycles. The van der Waals surface area contributed by atoms with Gasteiger partial charge in [0.25, 0.3) is 0 Å². The molecule has 0 bridgehead atoms. The Hall–Kier alpha value is -2.07. The van der Waals surface area contributed by atoms with Gasteiger partial charge < -0.3 is 15.2 Å². The molecule has 0 spiro atoms. The number of nitrogens with zero attached hydrogens (tertiary/aromatic N) is 4. The van der Waals surface area contributed by atoms with Crippen LogP contribution < -0.4 is 10.6 Å². The zero-order chi connectivity index (χ0) is 20.6. The highest BCUT2D eigenvalue weighted by molar-refractivity contribution is 14.0. The van der Waals surface area contributed by atoms with E-state index < -0.39 is 0 Å². The maximum Gasteiger partial charge on any atom is 0.191 e. The Bertz CT molecular complexity index is 929. The van der Waals surface area contributed by atoms with Crippen molar-refractivity contribution in [3.63, 3.8) is 0 Å².